The average molecular weight is 161 g/mol. The van der Waals surface area contributed by atoms with E-state index in [0.29, 0.717) is 0 Å². The third kappa shape index (κ3) is 1.57. The van der Waals surface area contributed by atoms with Crippen LogP contribution in [0.25, 0.3) is 10.4 Å². The Bertz CT molecular complexity index is 325. The lowest BCUT2D eigenvalue weighted by Crippen LogP contribution is -1.82. The molecule has 0 heterocycles. The molecule has 0 radical (unpaired) electrons. The first-order chi connectivity index (χ1) is 5.79. The van der Waals surface area contributed by atoms with Crippen LogP contribution >= 0.6 is 0 Å². The lowest BCUT2D eigenvalue weighted by Gasteiger charge is -2.03. The minimum atomic E-state index is 0.780. The van der Waals surface area contributed by atoms with Gasteiger partial charge in [-0.05, 0) is 30.0 Å². The SMILES string of the molecule is CCc1cccc(C)c1N=[N+]=[N-]. The zero-order valence-electron chi connectivity index (χ0n) is 7.28. The highest BCUT2D eigenvalue weighted by Gasteiger charge is 1.99. The molecule has 12 heavy (non-hydrogen) atoms. The molecule has 0 fully saturated rings. The van der Waals surface area contributed by atoms with E-state index in [4.69, 9.17) is 5.53 Å². The maximum atomic E-state index is 8.32. The van der Waals surface area contributed by atoms with Gasteiger partial charge in [0.25, 0.3) is 0 Å². The van der Waals surface area contributed by atoms with Crippen molar-refractivity contribution in [2.75, 3.05) is 0 Å². The van der Waals surface area contributed by atoms with E-state index in [9.17, 15) is 0 Å². The predicted octanol–water partition coefficient (Wildman–Crippen LogP) is 3.50. The smallest absolute Gasteiger partial charge is 0.0436 e. The second-order valence-corrected chi connectivity index (χ2v) is 2.63. The average Bonchev–Trinajstić information content (AvgIpc) is 2.09. The second kappa shape index (κ2) is 3.79. The zero-order chi connectivity index (χ0) is 8.97. The maximum absolute atomic E-state index is 8.32. The van der Waals surface area contributed by atoms with Gasteiger partial charge >= 0.3 is 0 Å². The summed E-state index contributed by atoms with van der Waals surface area (Å²) in [4.78, 5) is 2.80. The molecule has 0 spiro atoms. The number of nitrogens with zero attached hydrogens (tertiary/aromatic N) is 3. The Kier molecular flexibility index (Phi) is 2.72. The summed E-state index contributed by atoms with van der Waals surface area (Å²) >= 11 is 0. The Labute approximate surface area is 71.7 Å². The fourth-order valence-corrected chi connectivity index (χ4v) is 1.19. The second-order valence-electron chi connectivity index (χ2n) is 2.63. The molecule has 0 N–H and O–H groups in total. The summed E-state index contributed by atoms with van der Waals surface area (Å²) in [6.07, 6.45) is 0.899. The van der Waals surface area contributed by atoms with Gasteiger partial charge in [-0.2, -0.15) is 0 Å². The molecular formula is C9H11N3. The summed E-state index contributed by atoms with van der Waals surface area (Å²) in [6, 6.07) is 5.91. The number of benzene rings is 1. The van der Waals surface area contributed by atoms with E-state index in [2.05, 4.69) is 10.0 Å². The van der Waals surface area contributed by atoms with Crippen molar-refractivity contribution < 1.29 is 0 Å². The van der Waals surface area contributed by atoms with Crippen LogP contribution in [-0.4, -0.2) is 0 Å². The number of rotatable bonds is 2. The Morgan fingerprint density at radius 2 is 2.25 bits per heavy atom. The van der Waals surface area contributed by atoms with E-state index >= 15 is 0 Å². The third-order valence-corrected chi connectivity index (χ3v) is 1.85. The molecule has 1 aromatic carbocycles. The minimum absolute atomic E-state index is 0.780. The predicted molar refractivity (Wildman–Crippen MR) is 49.4 cm³/mol. The van der Waals surface area contributed by atoms with Gasteiger partial charge in [-0.3, -0.25) is 0 Å². The molecule has 1 aromatic rings. The quantitative estimate of drug-likeness (QED) is 0.362. The summed E-state index contributed by atoms with van der Waals surface area (Å²) < 4.78 is 0. The molecule has 62 valence electrons. The van der Waals surface area contributed by atoms with Gasteiger partial charge < -0.3 is 0 Å². The number of hydrogen-bond acceptors (Lipinski definition) is 1. The van der Waals surface area contributed by atoms with Crippen LogP contribution in [0.2, 0.25) is 0 Å². The molecule has 0 aliphatic heterocycles. The van der Waals surface area contributed by atoms with Crippen molar-refractivity contribution in [3.8, 4) is 0 Å². The molecule has 0 amide bonds. The monoisotopic (exact) mass is 161 g/mol. The summed E-state index contributed by atoms with van der Waals surface area (Å²) in [5, 5.41) is 3.66. The largest absolute Gasteiger partial charge is 0.0617 e. The van der Waals surface area contributed by atoms with Crippen molar-refractivity contribution in [1.29, 1.82) is 0 Å². The highest BCUT2D eigenvalue weighted by molar-refractivity contribution is 5.52. The first kappa shape index (κ1) is 8.62. The van der Waals surface area contributed by atoms with E-state index in [1.165, 1.54) is 0 Å². The molecule has 1 rings (SSSR count). The van der Waals surface area contributed by atoms with Gasteiger partial charge in [0.15, 0.2) is 0 Å². The van der Waals surface area contributed by atoms with Crippen LogP contribution in [0, 0.1) is 6.92 Å². The van der Waals surface area contributed by atoms with Gasteiger partial charge in [0, 0.05) is 10.6 Å². The lowest BCUT2D eigenvalue weighted by molar-refractivity contribution is 1.12. The van der Waals surface area contributed by atoms with Crippen LogP contribution in [0.4, 0.5) is 5.69 Å². The normalized spacial score (nSPS) is 9.17. The zero-order valence-corrected chi connectivity index (χ0v) is 7.28. The molecule has 0 aliphatic rings. The molecule has 3 heteroatoms. The Balaban J connectivity index is 3.28. The number of hydrogen-bond donors (Lipinski definition) is 0. The summed E-state index contributed by atoms with van der Waals surface area (Å²) in [6.45, 7) is 3.99. The Morgan fingerprint density at radius 3 is 2.83 bits per heavy atom. The third-order valence-electron chi connectivity index (χ3n) is 1.85. The molecule has 3 nitrogen and oxygen atoms in total. The highest BCUT2D eigenvalue weighted by atomic mass is 15.1. The molecule has 0 unspecified atom stereocenters. The fraction of sp³-hybridized carbons (Fsp3) is 0.333. The maximum Gasteiger partial charge on any atom is 0.0436 e. The Morgan fingerprint density at radius 1 is 1.50 bits per heavy atom. The van der Waals surface area contributed by atoms with Gasteiger partial charge in [0.1, 0.15) is 0 Å². The molecule has 0 saturated heterocycles. The standard InChI is InChI=1S/C9H11N3/c1-3-8-6-4-5-7(2)9(8)11-12-10/h4-6H,3H2,1-2H3. The van der Waals surface area contributed by atoms with Gasteiger partial charge in [0.2, 0.25) is 0 Å². The summed E-state index contributed by atoms with van der Waals surface area (Å²) in [7, 11) is 0. The molecule has 0 aliphatic carbocycles. The van der Waals surface area contributed by atoms with Crippen molar-refractivity contribution in [3.63, 3.8) is 0 Å². The summed E-state index contributed by atoms with van der Waals surface area (Å²) in [5.74, 6) is 0. The minimum Gasteiger partial charge on any atom is -0.0617 e. The van der Waals surface area contributed by atoms with Crippen molar-refractivity contribution in [2.24, 2.45) is 5.11 Å². The first-order valence-electron chi connectivity index (χ1n) is 3.93. The van der Waals surface area contributed by atoms with Gasteiger partial charge in [-0.1, -0.05) is 30.2 Å². The van der Waals surface area contributed by atoms with Crippen molar-refractivity contribution in [2.45, 2.75) is 20.3 Å². The van der Waals surface area contributed by atoms with Crippen LogP contribution in [0.5, 0.6) is 0 Å². The van der Waals surface area contributed by atoms with Crippen LogP contribution < -0.4 is 0 Å². The van der Waals surface area contributed by atoms with Gasteiger partial charge in [-0.15, -0.1) is 0 Å². The van der Waals surface area contributed by atoms with E-state index in [-0.39, 0.29) is 0 Å². The van der Waals surface area contributed by atoms with Gasteiger partial charge in [0.05, 0.1) is 0 Å². The number of azide groups is 1. The van der Waals surface area contributed by atoms with E-state index in [1.54, 1.807) is 0 Å². The van der Waals surface area contributed by atoms with Crippen molar-refractivity contribution >= 4 is 5.69 Å². The van der Waals surface area contributed by atoms with Crippen LogP contribution in [0.3, 0.4) is 0 Å². The first-order valence-corrected chi connectivity index (χ1v) is 3.93. The molecule has 0 saturated carbocycles. The Hall–Kier alpha value is -1.47. The molecule has 0 aromatic heterocycles. The number of aryl methyl sites for hydroxylation is 2. The van der Waals surface area contributed by atoms with Crippen molar-refractivity contribution in [1.82, 2.24) is 0 Å². The lowest BCUT2D eigenvalue weighted by atomic mass is 10.1. The fourth-order valence-electron chi connectivity index (χ4n) is 1.19. The molecular weight excluding hydrogens is 150 g/mol. The topological polar surface area (TPSA) is 48.8 Å². The van der Waals surface area contributed by atoms with Crippen LogP contribution in [0.1, 0.15) is 18.1 Å². The van der Waals surface area contributed by atoms with E-state index < -0.39 is 0 Å². The van der Waals surface area contributed by atoms with E-state index in [0.717, 1.165) is 23.2 Å². The van der Waals surface area contributed by atoms with Crippen LogP contribution in [0.15, 0.2) is 23.3 Å². The van der Waals surface area contributed by atoms with Crippen LogP contribution in [-0.2, 0) is 6.42 Å². The van der Waals surface area contributed by atoms with Gasteiger partial charge in [-0.25, -0.2) is 0 Å². The van der Waals surface area contributed by atoms with E-state index in [1.807, 2.05) is 32.0 Å². The molecule has 0 atom stereocenters. The highest BCUT2D eigenvalue weighted by Crippen LogP contribution is 2.24. The molecule has 0 bridgehead atoms. The summed E-state index contributed by atoms with van der Waals surface area (Å²) in [5.41, 5.74) is 11.2. The van der Waals surface area contributed by atoms with Crippen molar-refractivity contribution in [3.05, 3.63) is 39.8 Å².